The van der Waals surface area contributed by atoms with Crippen molar-refractivity contribution in [3.63, 3.8) is 0 Å². The summed E-state index contributed by atoms with van der Waals surface area (Å²) >= 11 is 0. The molecule has 80 valence electrons. The summed E-state index contributed by atoms with van der Waals surface area (Å²) in [7, 11) is 1.19. The molecule has 0 aromatic heterocycles. The highest BCUT2D eigenvalue weighted by molar-refractivity contribution is 5.85. The molecular weight excluding hydrogens is 192 g/mol. The molecule has 0 aliphatic heterocycles. The van der Waals surface area contributed by atoms with Crippen LogP contribution in [0.3, 0.4) is 0 Å². The van der Waals surface area contributed by atoms with Gasteiger partial charge in [-0.2, -0.15) is 0 Å². The van der Waals surface area contributed by atoms with Gasteiger partial charge in [0.2, 0.25) is 12.3 Å². The quantitative estimate of drug-likeness (QED) is 0.246. The van der Waals surface area contributed by atoms with Gasteiger partial charge < -0.3 is 10.1 Å². The molecule has 2 N–H and O–H groups in total. The van der Waals surface area contributed by atoms with E-state index in [1.807, 2.05) is 0 Å². The van der Waals surface area contributed by atoms with E-state index in [-0.39, 0.29) is 11.5 Å². The zero-order valence-corrected chi connectivity index (χ0v) is 7.89. The van der Waals surface area contributed by atoms with Crippen molar-refractivity contribution in [3.05, 3.63) is 0 Å². The first-order chi connectivity index (χ1) is 6.51. The van der Waals surface area contributed by atoms with E-state index in [9.17, 15) is 14.4 Å². The SMILES string of the molecule is COC(=O)[C@@H](C)NC(=O)CN(O)C=O. The smallest absolute Gasteiger partial charge is 0.328 e. The number of esters is 1. The molecule has 0 saturated heterocycles. The number of nitrogens with one attached hydrogen (secondary N) is 1. The third-order valence-corrected chi connectivity index (χ3v) is 1.36. The molecule has 0 aliphatic carbocycles. The molecule has 0 heterocycles. The Morgan fingerprint density at radius 3 is 2.64 bits per heavy atom. The molecule has 2 amide bonds. The monoisotopic (exact) mass is 204 g/mol. The minimum absolute atomic E-state index is 0.0857. The molecule has 0 unspecified atom stereocenters. The summed E-state index contributed by atoms with van der Waals surface area (Å²) in [5, 5.41) is 11.0. The average Bonchev–Trinajstić information content (AvgIpc) is 2.15. The fourth-order valence-corrected chi connectivity index (χ4v) is 0.707. The Labute approximate surface area is 80.6 Å². The fourth-order valence-electron chi connectivity index (χ4n) is 0.707. The summed E-state index contributed by atoms with van der Waals surface area (Å²) in [5.41, 5.74) is 0. The summed E-state index contributed by atoms with van der Waals surface area (Å²) in [5.74, 6) is -1.26. The Bertz CT molecular complexity index is 230. The maximum atomic E-state index is 11.0. The second-order valence-electron chi connectivity index (χ2n) is 2.52. The Hall–Kier alpha value is -1.63. The van der Waals surface area contributed by atoms with Crippen LogP contribution in [0.1, 0.15) is 6.92 Å². The third kappa shape index (κ3) is 4.41. The van der Waals surface area contributed by atoms with Crippen LogP contribution in [0.4, 0.5) is 0 Å². The lowest BCUT2D eigenvalue weighted by atomic mass is 10.3. The number of rotatable bonds is 5. The van der Waals surface area contributed by atoms with E-state index in [4.69, 9.17) is 5.21 Å². The molecular formula is C7H12N2O5. The minimum atomic E-state index is -0.812. The molecule has 1 atom stereocenters. The van der Waals surface area contributed by atoms with Crippen LogP contribution in [0, 0.1) is 0 Å². The predicted molar refractivity (Wildman–Crippen MR) is 44.2 cm³/mol. The Morgan fingerprint density at radius 2 is 2.21 bits per heavy atom. The van der Waals surface area contributed by atoms with Gasteiger partial charge in [-0.05, 0) is 6.92 Å². The van der Waals surface area contributed by atoms with Crippen LogP contribution in [0.25, 0.3) is 0 Å². The van der Waals surface area contributed by atoms with Gasteiger partial charge in [-0.3, -0.25) is 14.8 Å². The van der Waals surface area contributed by atoms with Gasteiger partial charge in [-0.15, -0.1) is 0 Å². The van der Waals surface area contributed by atoms with Crippen molar-refractivity contribution in [2.24, 2.45) is 0 Å². The molecule has 0 fully saturated rings. The van der Waals surface area contributed by atoms with Gasteiger partial charge in [-0.25, -0.2) is 9.86 Å². The highest BCUT2D eigenvalue weighted by atomic mass is 16.5. The minimum Gasteiger partial charge on any atom is -0.467 e. The van der Waals surface area contributed by atoms with Crippen LogP contribution in [0.15, 0.2) is 0 Å². The first-order valence-corrected chi connectivity index (χ1v) is 3.79. The van der Waals surface area contributed by atoms with Crippen molar-refractivity contribution >= 4 is 18.3 Å². The van der Waals surface area contributed by atoms with Gasteiger partial charge in [0.05, 0.1) is 7.11 Å². The van der Waals surface area contributed by atoms with Crippen LogP contribution >= 0.6 is 0 Å². The molecule has 0 radical (unpaired) electrons. The van der Waals surface area contributed by atoms with Crippen molar-refractivity contribution in [2.45, 2.75) is 13.0 Å². The van der Waals surface area contributed by atoms with Crippen molar-refractivity contribution in [1.29, 1.82) is 0 Å². The number of ether oxygens (including phenoxy) is 1. The number of carbonyl (C=O) groups excluding carboxylic acids is 3. The van der Waals surface area contributed by atoms with E-state index >= 15 is 0 Å². The number of methoxy groups -OCH3 is 1. The standard InChI is InChI=1S/C7H12N2O5/c1-5(7(12)14-2)8-6(11)3-9(13)4-10/h4-5,13H,3H2,1-2H3,(H,8,11)/t5-/m1/s1. The molecule has 0 aromatic rings. The second kappa shape index (κ2) is 5.92. The summed E-state index contributed by atoms with van der Waals surface area (Å²) in [6.45, 7) is 0.900. The number of hydrogen-bond donors (Lipinski definition) is 2. The van der Waals surface area contributed by atoms with Crippen LogP contribution in [-0.4, -0.2) is 48.3 Å². The van der Waals surface area contributed by atoms with E-state index in [1.54, 1.807) is 0 Å². The summed E-state index contributed by atoms with van der Waals surface area (Å²) in [6.07, 6.45) is 0.0857. The average molecular weight is 204 g/mol. The van der Waals surface area contributed by atoms with Gasteiger partial charge >= 0.3 is 5.97 Å². The van der Waals surface area contributed by atoms with Crippen molar-refractivity contribution in [1.82, 2.24) is 10.4 Å². The zero-order valence-electron chi connectivity index (χ0n) is 7.89. The number of hydrogen-bond acceptors (Lipinski definition) is 5. The van der Waals surface area contributed by atoms with Gasteiger partial charge in [-0.1, -0.05) is 0 Å². The van der Waals surface area contributed by atoms with E-state index in [0.29, 0.717) is 0 Å². The molecule has 0 rings (SSSR count). The van der Waals surface area contributed by atoms with E-state index in [1.165, 1.54) is 14.0 Å². The van der Waals surface area contributed by atoms with E-state index < -0.39 is 24.5 Å². The fraction of sp³-hybridized carbons (Fsp3) is 0.571. The largest absolute Gasteiger partial charge is 0.467 e. The molecule has 0 aromatic carbocycles. The summed E-state index contributed by atoms with van der Waals surface area (Å²) in [6, 6.07) is -0.812. The lowest BCUT2D eigenvalue weighted by Gasteiger charge is -2.13. The number of hydroxylamine groups is 2. The van der Waals surface area contributed by atoms with Gasteiger partial charge in [0.25, 0.3) is 0 Å². The van der Waals surface area contributed by atoms with E-state index in [0.717, 1.165) is 0 Å². The Balaban J connectivity index is 3.94. The van der Waals surface area contributed by atoms with Crippen LogP contribution in [-0.2, 0) is 19.1 Å². The van der Waals surface area contributed by atoms with Crippen LogP contribution in [0.5, 0.6) is 0 Å². The highest BCUT2D eigenvalue weighted by Gasteiger charge is 2.16. The van der Waals surface area contributed by atoms with Crippen molar-refractivity contribution in [3.8, 4) is 0 Å². The summed E-state index contributed by atoms with van der Waals surface area (Å²) < 4.78 is 4.34. The third-order valence-electron chi connectivity index (χ3n) is 1.36. The topological polar surface area (TPSA) is 95.9 Å². The van der Waals surface area contributed by atoms with Gasteiger partial charge in [0, 0.05) is 0 Å². The zero-order chi connectivity index (χ0) is 11.1. The first-order valence-electron chi connectivity index (χ1n) is 3.79. The number of nitrogens with zero attached hydrogens (tertiary/aromatic N) is 1. The maximum absolute atomic E-state index is 11.0. The first kappa shape index (κ1) is 12.4. The molecule has 7 nitrogen and oxygen atoms in total. The van der Waals surface area contributed by atoms with Crippen LogP contribution < -0.4 is 5.32 Å². The molecule has 0 bridgehead atoms. The van der Waals surface area contributed by atoms with E-state index in [2.05, 4.69) is 10.1 Å². The Kier molecular flexibility index (Phi) is 5.23. The lowest BCUT2D eigenvalue weighted by molar-refractivity contribution is -0.156. The van der Waals surface area contributed by atoms with Crippen molar-refractivity contribution < 1.29 is 24.3 Å². The lowest BCUT2D eigenvalue weighted by Crippen LogP contribution is -2.43. The van der Waals surface area contributed by atoms with Crippen molar-refractivity contribution in [2.75, 3.05) is 13.7 Å². The normalized spacial score (nSPS) is 11.4. The molecule has 7 heteroatoms. The number of amides is 2. The molecule has 14 heavy (non-hydrogen) atoms. The number of carbonyl (C=O) groups is 3. The maximum Gasteiger partial charge on any atom is 0.328 e. The van der Waals surface area contributed by atoms with Gasteiger partial charge in [0.1, 0.15) is 12.6 Å². The highest BCUT2D eigenvalue weighted by Crippen LogP contribution is 1.86. The molecule has 0 saturated carbocycles. The molecule has 0 aliphatic rings. The van der Waals surface area contributed by atoms with Gasteiger partial charge in [0.15, 0.2) is 0 Å². The predicted octanol–water partition coefficient (Wildman–Crippen LogP) is -1.49. The Morgan fingerprint density at radius 1 is 1.64 bits per heavy atom. The molecule has 0 spiro atoms. The second-order valence-corrected chi connectivity index (χ2v) is 2.52. The summed E-state index contributed by atoms with van der Waals surface area (Å²) in [4.78, 5) is 31.7. The van der Waals surface area contributed by atoms with Crippen LogP contribution in [0.2, 0.25) is 0 Å².